The van der Waals surface area contributed by atoms with Crippen molar-refractivity contribution >= 4 is 18.0 Å². The van der Waals surface area contributed by atoms with Gasteiger partial charge in [0.05, 0.1) is 25.7 Å². The predicted molar refractivity (Wildman–Crippen MR) is 103 cm³/mol. The molecule has 2 rings (SSSR count). The zero-order chi connectivity index (χ0) is 19.6. The second-order valence-corrected chi connectivity index (χ2v) is 6.64. The van der Waals surface area contributed by atoms with Crippen LogP contribution in [0, 0.1) is 5.92 Å². The van der Waals surface area contributed by atoms with Gasteiger partial charge in [-0.05, 0) is 43.5 Å². The van der Waals surface area contributed by atoms with Crippen LogP contribution in [0.1, 0.15) is 32.3 Å². The maximum Gasteiger partial charge on any atom is 0.310 e. The van der Waals surface area contributed by atoms with Gasteiger partial charge in [0, 0.05) is 25.8 Å². The van der Waals surface area contributed by atoms with Crippen LogP contribution in [0.5, 0.6) is 5.75 Å². The number of hydrogen-bond acceptors (Lipinski definition) is 5. The molecule has 1 saturated heterocycles. The molecule has 1 heterocycles. The van der Waals surface area contributed by atoms with E-state index < -0.39 is 0 Å². The lowest BCUT2D eigenvalue weighted by Gasteiger charge is -2.26. The Labute approximate surface area is 161 Å². The van der Waals surface area contributed by atoms with Crippen LogP contribution >= 0.6 is 0 Å². The van der Waals surface area contributed by atoms with E-state index in [9.17, 15) is 9.59 Å². The van der Waals surface area contributed by atoms with Gasteiger partial charge in [0.15, 0.2) is 0 Å². The summed E-state index contributed by atoms with van der Waals surface area (Å²) in [4.78, 5) is 26.1. The molecule has 1 aromatic carbocycles. The van der Waals surface area contributed by atoms with Gasteiger partial charge in [-0.15, -0.1) is 0 Å². The molecule has 1 aliphatic heterocycles. The Morgan fingerprint density at radius 1 is 1.33 bits per heavy atom. The van der Waals surface area contributed by atoms with Crippen molar-refractivity contribution in [2.45, 2.75) is 32.8 Å². The smallest absolute Gasteiger partial charge is 0.310 e. The summed E-state index contributed by atoms with van der Waals surface area (Å²) >= 11 is 0. The van der Waals surface area contributed by atoms with Crippen LogP contribution in [0.3, 0.4) is 0 Å². The summed E-state index contributed by atoms with van der Waals surface area (Å²) in [5, 5.41) is 0. The molecule has 148 valence electrons. The van der Waals surface area contributed by atoms with Gasteiger partial charge in [-0.1, -0.05) is 19.1 Å². The normalized spacial score (nSPS) is 17.7. The molecule has 0 aromatic heterocycles. The van der Waals surface area contributed by atoms with E-state index in [0.717, 1.165) is 30.8 Å². The Morgan fingerprint density at radius 2 is 2.07 bits per heavy atom. The highest BCUT2D eigenvalue weighted by Crippen LogP contribution is 2.16. The van der Waals surface area contributed by atoms with Gasteiger partial charge in [-0.2, -0.15) is 0 Å². The van der Waals surface area contributed by atoms with Gasteiger partial charge in [0.25, 0.3) is 0 Å². The van der Waals surface area contributed by atoms with Crippen LogP contribution in [0.4, 0.5) is 0 Å². The standard InChI is InChI=1S/C21H29NO5/c1-4-26-18-10-7-17(8-11-18)9-12-20(23)22(14-16(2)21(24)25-3)15-19-6-5-13-27-19/h7-12,16,19H,4-6,13-15H2,1-3H3/b12-9+. The van der Waals surface area contributed by atoms with Crippen LogP contribution in [0.15, 0.2) is 30.3 Å². The molecular formula is C21H29NO5. The highest BCUT2D eigenvalue weighted by atomic mass is 16.5. The van der Waals surface area contributed by atoms with Crippen LogP contribution in [0.25, 0.3) is 6.08 Å². The Kier molecular flexibility index (Phi) is 8.33. The maximum atomic E-state index is 12.7. The van der Waals surface area contributed by atoms with E-state index in [1.807, 2.05) is 31.2 Å². The zero-order valence-electron chi connectivity index (χ0n) is 16.3. The highest BCUT2D eigenvalue weighted by molar-refractivity contribution is 5.92. The summed E-state index contributed by atoms with van der Waals surface area (Å²) in [6, 6.07) is 7.54. The Hall–Kier alpha value is -2.34. The third kappa shape index (κ3) is 6.71. The summed E-state index contributed by atoms with van der Waals surface area (Å²) in [6.45, 7) is 5.82. The van der Waals surface area contributed by atoms with Crippen molar-refractivity contribution in [2.24, 2.45) is 5.92 Å². The Morgan fingerprint density at radius 3 is 2.67 bits per heavy atom. The molecule has 6 heteroatoms. The van der Waals surface area contributed by atoms with Crippen molar-refractivity contribution in [3.8, 4) is 5.75 Å². The molecule has 0 bridgehead atoms. The lowest BCUT2D eigenvalue weighted by molar-refractivity contribution is -0.146. The Bertz CT molecular complexity index is 634. The van der Waals surface area contributed by atoms with Gasteiger partial charge < -0.3 is 19.1 Å². The summed E-state index contributed by atoms with van der Waals surface area (Å²) < 4.78 is 15.9. The first-order valence-corrected chi connectivity index (χ1v) is 9.42. The van der Waals surface area contributed by atoms with E-state index in [-0.39, 0.29) is 23.9 Å². The molecule has 1 aromatic rings. The van der Waals surface area contributed by atoms with E-state index in [1.165, 1.54) is 13.2 Å². The van der Waals surface area contributed by atoms with Gasteiger partial charge in [-0.3, -0.25) is 9.59 Å². The van der Waals surface area contributed by atoms with E-state index in [1.54, 1.807) is 17.9 Å². The van der Waals surface area contributed by atoms with Gasteiger partial charge in [0.1, 0.15) is 5.75 Å². The lowest BCUT2D eigenvalue weighted by atomic mass is 10.1. The van der Waals surface area contributed by atoms with Crippen molar-refractivity contribution in [2.75, 3.05) is 33.4 Å². The van der Waals surface area contributed by atoms with Gasteiger partial charge in [-0.25, -0.2) is 0 Å². The number of hydrogen-bond donors (Lipinski definition) is 0. The molecule has 6 nitrogen and oxygen atoms in total. The van der Waals surface area contributed by atoms with Crippen molar-refractivity contribution < 1.29 is 23.8 Å². The molecule has 1 fully saturated rings. The average molecular weight is 375 g/mol. The molecule has 2 atom stereocenters. The van der Waals surface area contributed by atoms with Crippen LogP contribution in [-0.4, -0.2) is 56.3 Å². The SMILES string of the molecule is CCOc1ccc(/C=C/C(=O)N(CC2CCCO2)CC(C)C(=O)OC)cc1. The van der Waals surface area contributed by atoms with E-state index in [0.29, 0.717) is 19.7 Å². The quantitative estimate of drug-likeness (QED) is 0.490. The Balaban J connectivity index is 2.03. The lowest BCUT2D eigenvalue weighted by Crippen LogP contribution is -2.40. The molecule has 2 unspecified atom stereocenters. The first-order valence-electron chi connectivity index (χ1n) is 9.42. The third-order valence-corrected chi connectivity index (χ3v) is 4.47. The molecule has 0 radical (unpaired) electrons. The van der Waals surface area contributed by atoms with Gasteiger partial charge >= 0.3 is 5.97 Å². The van der Waals surface area contributed by atoms with Crippen LogP contribution in [0.2, 0.25) is 0 Å². The predicted octanol–water partition coefficient (Wildman–Crippen LogP) is 2.92. The fourth-order valence-electron chi connectivity index (χ4n) is 3.01. The molecule has 1 amide bonds. The summed E-state index contributed by atoms with van der Waals surface area (Å²) in [5.74, 6) is -0.0575. The van der Waals surface area contributed by atoms with Crippen LogP contribution < -0.4 is 4.74 Å². The van der Waals surface area contributed by atoms with Gasteiger partial charge in [0.2, 0.25) is 5.91 Å². The van der Waals surface area contributed by atoms with Crippen molar-refractivity contribution in [1.29, 1.82) is 0 Å². The number of rotatable bonds is 9. The van der Waals surface area contributed by atoms with E-state index in [4.69, 9.17) is 14.2 Å². The second-order valence-electron chi connectivity index (χ2n) is 6.64. The minimum atomic E-state index is -0.390. The molecule has 27 heavy (non-hydrogen) atoms. The number of carbonyl (C=O) groups is 2. The number of ether oxygens (including phenoxy) is 3. The number of esters is 1. The number of methoxy groups -OCH3 is 1. The minimum absolute atomic E-state index is 0.0256. The monoisotopic (exact) mass is 375 g/mol. The fourth-order valence-corrected chi connectivity index (χ4v) is 3.01. The third-order valence-electron chi connectivity index (χ3n) is 4.47. The first kappa shape index (κ1) is 21.0. The summed E-state index contributed by atoms with van der Waals surface area (Å²) in [5.41, 5.74) is 0.907. The summed E-state index contributed by atoms with van der Waals surface area (Å²) in [6.07, 6.45) is 5.26. The fraction of sp³-hybridized carbons (Fsp3) is 0.524. The largest absolute Gasteiger partial charge is 0.494 e. The van der Waals surface area contributed by atoms with Crippen molar-refractivity contribution in [3.63, 3.8) is 0 Å². The molecule has 0 N–H and O–H groups in total. The van der Waals surface area contributed by atoms with Crippen molar-refractivity contribution in [3.05, 3.63) is 35.9 Å². The molecule has 1 aliphatic rings. The second kappa shape index (κ2) is 10.7. The number of benzene rings is 1. The number of amides is 1. The van der Waals surface area contributed by atoms with E-state index in [2.05, 4.69) is 0 Å². The molecule has 0 aliphatic carbocycles. The van der Waals surface area contributed by atoms with Crippen molar-refractivity contribution in [1.82, 2.24) is 4.90 Å². The minimum Gasteiger partial charge on any atom is -0.494 e. The molecule has 0 saturated carbocycles. The highest BCUT2D eigenvalue weighted by Gasteiger charge is 2.25. The maximum absolute atomic E-state index is 12.7. The zero-order valence-corrected chi connectivity index (χ0v) is 16.3. The molecule has 0 spiro atoms. The van der Waals surface area contributed by atoms with E-state index >= 15 is 0 Å². The number of carbonyl (C=O) groups excluding carboxylic acids is 2. The molecular weight excluding hydrogens is 346 g/mol. The topological polar surface area (TPSA) is 65.1 Å². The van der Waals surface area contributed by atoms with Crippen LogP contribution in [-0.2, 0) is 19.1 Å². The first-order chi connectivity index (χ1) is 13.0. The summed E-state index contributed by atoms with van der Waals surface area (Å²) in [7, 11) is 1.36. The number of nitrogens with zero attached hydrogens (tertiary/aromatic N) is 1. The average Bonchev–Trinajstić information content (AvgIpc) is 3.19.